The Balaban J connectivity index is 1.61. The number of benzene rings is 1. The van der Waals surface area contributed by atoms with Crippen LogP contribution in [0.15, 0.2) is 24.3 Å². The van der Waals surface area contributed by atoms with Crippen molar-refractivity contribution in [3.8, 4) is 0 Å². The second-order valence-electron chi connectivity index (χ2n) is 6.79. The maximum atomic E-state index is 12.9. The first-order valence-corrected chi connectivity index (χ1v) is 9.24. The molecule has 0 saturated carbocycles. The maximum absolute atomic E-state index is 12.9. The lowest BCUT2D eigenvalue weighted by Crippen LogP contribution is -2.49. The van der Waals surface area contributed by atoms with Crippen LogP contribution in [0.1, 0.15) is 18.4 Å². The highest BCUT2D eigenvalue weighted by Crippen LogP contribution is 2.17. The van der Waals surface area contributed by atoms with Crippen LogP contribution in [-0.2, 0) is 9.47 Å². The van der Waals surface area contributed by atoms with Crippen LogP contribution in [0.25, 0.3) is 0 Å². The molecule has 1 N–H and O–H groups in total. The molecule has 6 heteroatoms. The number of carbonyl (C=O) groups is 1. The number of amides is 2. The summed E-state index contributed by atoms with van der Waals surface area (Å²) in [5.41, 5.74) is 2.03. The molecule has 0 aliphatic carbocycles. The van der Waals surface area contributed by atoms with Crippen molar-refractivity contribution in [1.29, 1.82) is 0 Å². The zero-order chi connectivity index (χ0) is 17.5. The fraction of sp³-hybridized carbons (Fsp3) is 0.632. The summed E-state index contributed by atoms with van der Waals surface area (Å²) < 4.78 is 10.9. The molecule has 0 bridgehead atoms. The molecule has 0 unspecified atom stereocenters. The minimum atomic E-state index is -0.0102. The molecule has 0 spiro atoms. The largest absolute Gasteiger partial charge is 0.381 e. The van der Waals surface area contributed by atoms with E-state index in [1.807, 2.05) is 36.1 Å². The van der Waals surface area contributed by atoms with Gasteiger partial charge in [-0.15, -0.1) is 0 Å². The predicted molar refractivity (Wildman–Crippen MR) is 98.0 cm³/mol. The lowest BCUT2D eigenvalue weighted by molar-refractivity contribution is 0.0238. The molecular formula is C19H29N3O3. The second-order valence-corrected chi connectivity index (χ2v) is 6.79. The van der Waals surface area contributed by atoms with Crippen LogP contribution in [0.5, 0.6) is 0 Å². The average molecular weight is 347 g/mol. The van der Waals surface area contributed by atoms with Crippen molar-refractivity contribution >= 4 is 11.7 Å². The normalized spacial score (nSPS) is 19.6. The molecule has 0 atom stereocenters. The van der Waals surface area contributed by atoms with Crippen molar-refractivity contribution < 1.29 is 14.3 Å². The number of morpholine rings is 1. The van der Waals surface area contributed by atoms with Crippen LogP contribution >= 0.6 is 0 Å². The average Bonchev–Trinajstić information content (AvgIpc) is 2.65. The first-order chi connectivity index (χ1) is 12.2. The molecule has 2 fully saturated rings. The summed E-state index contributed by atoms with van der Waals surface area (Å²) in [5.74, 6) is 0. The van der Waals surface area contributed by atoms with Gasteiger partial charge in [-0.05, 0) is 31.9 Å². The van der Waals surface area contributed by atoms with Gasteiger partial charge in [0, 0.05) is 51.1 Å². The first-order valence-electron chi connectivity index (χ1n) is 9.24. The molecule has 1 aromatic rings. The molecule has 6 nitrogen and oxygen atoms in total. The van der Waals surface area contributed by atoms with E-state index < -0.39 is 0 Å². The maximum Gasteiger partial charge on any atom is 0.322 e. The Morgan fingerprint density at radius 1 is 1.12 bits per heavy atom. The van der Waals surface area contributed by atoms with Gasteiger partial charge in [-0.3, -0.25) is 4.90 Å². The van der Waals surface area contributed by atoms with E-state index in [1.54, 1.807) is 0 Å². The second kappa shape index (κ2) is 9.17. The molecule has 2 aliphatic rings. The van der Waals surface area contributed by atoms with Gasteiger partial charge in [0.2, 0.25) is 0 Å². The molecular weight excluding hydrogens is 318 g/mol. The summed E-state index contributed by atoms with van der Waals surface area (Å²) in [4.78, 5) is 17.3. The lowest BCUT2D eigenvalue weighted by atomic mass is 10.1. The van der Waals surface area contributed by atoms with Gasteiger partial charge in [0.15, 0.2) is 0 Å². The van der Waals surface area contributed by atoms with Crippen LogP contribution in [0.2, 0.25) is 0 Å². The van der Waals surface area contributed by atoms with Crippen molar-refractivity contribution in [3.05, 3.63) is 29.8 Å². The summed E-state index contributed by atoms with van der Waals surface area (Å²) in [7, 11) is 0. The lowest BCUT2D eigenvalue weighted by Gasteiger charge is -2.36. The summed E-state index contributed by atoms with van der Waals surface area (Å²) in [5, 5.41) is 3.06. The topological polar surface area (TPSA) is 54.0 Å². The van der Waals surface area contributed by atoms with Crippen molar-refractivity contribution in [2.75, 3.05) is 57.9 Å². The van der Waals surface area contributed by atoms with Gasteiger partial charge >= 0.3 is 6.03 Å². The van der Waals surface area contributed by atoms with E-state index in [1.165, 1.54) is 5.56 Å². The molecule has 0 radical (unpaired) electrons. The van der Waals surface area contributed by atoms with Crippen LogP contribution in [0.4, 0.5) is 10.5 Å². The summed E-state index contributed by atoms with van der Waals surface area (Å²) >= 11 is 0. The molecule has 25 heavy (non-hydrogen) atoms. The third-order valence-electron chi connectivity index (χ3n) is 4.96. The fourth-order valence-electron chi connectivity index (χ4n) is 3.35. The third kappa shape index (κ3) is 5.42. The molecule has 2 amide bonds. The number of urea groups is 1. The first kappa shape index (κ1) is 18.2. The van der Waals surface area contributed by atoms with E-state index in [9.17, 15) is 4.79 Å². The summed E-state index contributed by atoms with van der Waals surface area (Å²) in [6.07, 6.45) is 1.81. The zero-order valence-corrected chi connectivity index (χ0v) is 15.1. The number of carbonyl (C=O) groups excluding carboxylic acids is 1. The van der Waals surface area contributed by atoms with Crippen LogP contribution in [0, 0.1) is 6.92 Å². The van der Waals surface area contributed by atoms with Gasteiger partial charge < -0.3 is 19.7 Å². The number of hydrogen-bond donors (Lipinski definition) is 1. The molecule has 2 aliphatic heterocycles. The van der Waals surface area contributed by atoms with E-state index in [-0.39, 0.29) is 12.1 Å². The Hall–Kier alpha value is -1.63. The Bertz CT molecular complexity index is 537. The van der Waals surface area contributed by atoms with E-state index >= 15 is 0 Å². The number of anilines is 1. The standard InChI is InChI=1S/C19H29N3O3/c1-16-2-4-17(5-3-16)20-19(23)22(18-6-12-24-13-7-18)9-8-21-10-14-25-15-11-21/h2-5,18H,6-15H2,1H3,(H,20,23). The Kier molecular flexibility index (Phi) is 6.67. The van der Waals surface area contributed by atoms with Crippen LogP contribution in [-0.4, -0.2) is 74.5 Å². The Morgan fingerprint density at radius 3 is 2.44 bits per heavy atom. The van der Waals surface area contributed by atoms with Gasteiger partial charge in [-0.1, -0.05) is 17.7 Å². The van der Waals surface area contributed by atoms with Crippen molar-refractivity contribution in [2.45, 2.75) is 25.8 Å². The quantitative estimate of drug-likeness (QED) is 0.888. The molecule has 0 aromatic heterocycles. The Labute approximate surface area is 150 Å². The van der Waals surface area contributed by atoms with Gasteiger partial charge in [0.1, 0.15) is 0 Å². The van der Waals surface area contributed by atoms with E-state index in [0.717, 1.165) is 71.1 Å². The number of nitrogens with one attached hydrogen (secondary N) is 1. The highest BCUT2D eigenvalue weighted by atomic mass is 16.5. The van der Waals surface area contributed by atoms with Crippen LogP contribution < -0.4 is 5.32 Å². The third-order valence-corrected chi connectivity index (χ3v) is 4.96. The van der Waals surface area contributed by atoms with E-state index in [2.05, 4.69) is 10.2 Å². The number of hydrogen-bond acceptors (Lipinski definition) is 4. The number of nitrogens with zero attached hydrogens (tertiary/aromatic N) is 2. The minimum Gasteiger partial charge on any atom is -0.381 e. The SMILES string of the molecule is Cc1ccc(NC(=O)N(CCN2CCOCC2)C2CCOCC2)cc1. The van der Waals surface area contributed by atoms with Gasteiger partial charge in [0.05, 0.1) is 13.2 Å². The highest BCUT2D eigenvalue weighted by molar-refractivity contribution is 5.89. The van der Waals surface area contributed by atoms with Crippen molar-refractivity contribution in [2.24, 2.45) is 0 Å². The number of aryl methyl sites for hydroxylation is 1. The Morgan fingerprint density at radius 2 is 1.76 bits per heavy atom. The summed E-state index contributed by atoms with van der Waals surface area (Å²) in [6.45, 7) is 8.60. The van der Waals surface area contributed by atoms with Crippen molar-refractivity contribution in [1.82, 2.24) is 9.80 Å². The van der Waals surface area contributed by atoms with Gasteiger partial charge in [0.25, 0.3) is 0 Å². The number of rotatable bonds is 5. The fourth-order valence-corrected chi connectivity index (χ4v) is 3.35. The minimum absolute atomic E-state index is 0.0102. The monoisotopic (exact) mass is 347 g/mol. The number of ether oxygens (including phenoxy) is 2. The highest BCUT2D eigenvalue weighted by Gasteiger charge is 2.26. The van der Waals surface area contributed by atoms with E-state index in [0.29, 0.717) is 0 Å². The van der Waals surface area contributed by atoms with Crippen LogP contribution in [0.3, 0.4) is 0 Å². The molecule has 2 saturated heterocycles. The zero-order valence-electron chi connectivity index (χ0n) is 15.1. The molecule has 3 rings (SSSR count). The predicted octanol–water partition coefficient (Wildman–Crippen LogP) is 2.34. The smallest absolute Gasteiger partial charge is 0.322 e. The molecule has 2 heterocycles. The summed E-state index contributed by atoms with van der Waals surface area (Å²) in [6, 6.07) is 8.18. The van der Waals surface area contributed by atoms with E-state index in [4.69, 9.17) is 9.47 Å². The molecule has 1 aromatic carbocycles. The van der Waals surface area contributed by atoms with Gasteiger partial charge in [-0.25, -0.2) is 4.79 Å². The van der Waals surface area contributed by atoms with Gasteiger partial charge in [-0.2, -0.15) is 0 Å². The molecule has 138 valence electrons. The van der Waals surface area contributed by atoms with Crippen molar-refractivity contribution in [3.63, 3.8) is 0 Å².